The highest BCUT2D eigenvalue weighted by atomic mass is 16.1. The Morgan fingerprint density at radius 1 is 0.714 bits per heavy atom. The Hall–Kier alpha value is -3.80. The predicted octanol–water partition coefficient (Wildman–Crippen LogP) is 3.55. The second kappa shape index (κ2) is 6.13. The molecular weight excluding hydrogens is 350 g/mol. The van der Waals surface area contributed by atoms with Gasteiger partial charge in [-0.1, -0.05) is 18.2 Å². The summed E-state index contributed by atoms with van der Waals surface area (Å²) in [7, 11) is 3.74. The summed E-state index contributed by atoms with van der Waals surface area (Å²) < 4.78 is 3.49. The van der Waals surface area contributed by atoms with Crippen LogP contribution in [-0.2, 0) is 14.1 Å². The van der Waals surface area contributed by atoms with Crippen molar-refractivity contribution in [1.29, 1.82) is 0 Å². The summed E-state index contributed by atoms with van der Waals surface area (Å²) in [6.45, 7) is 0. The van der Waals surface area contributed by atoms with Gasteiger partial charge < -0.3 is 0 Å². The number of rotatable bonds is 2. The summed E-state index contributed by atoms with van der Waals surface area (Å²) in [4.78, 5) is 17.9. The molecule has 0 amide bonds. The minimum Gasteiger partial charge on any atom is -0.289 e. The summed E-state index contributed by atoms with van der Waals surface area (Å²) in [5.41, 5.74) is 4.40. The smallest absolute Gasteiger partial charge is 0.195 e. The minimum absolute atomic E-state index is 0.0287. The van der Waals surface area contributed by atoms with Gasteiger partial charge in [-0.3, -0.25) is 19.1 Å². The summed E-state index contributed by atoms with van der Waals surface area (Å²) in [6.07, 6.45) is 9.21. The zero-order valence-electron chi connectivity index (χ0n) is 15.5. The molecule has 2 aromatic carbocycles. The molecule has 3 aromatic heterocycles. The van der Waals surface area contributed by atoms with Crippen molar-refractivity contribution in [1.82, 2.24) is 24.5 Å². The minimum atomic E-state index is -0.0287. The van der Waals surface area contributed by atoms with Crippen LogP contribution >= 0.6 is 0 Å². The molecule has 0 aliphatic carbocycles. The standard InChI is InChI=1S/C22H17N5O/c1-26-12-17(10-24-26)15-4-3-14-5-6-21-20(22(28)19(14)7-15)8-16(9-23-21)18-11-25-27(2)13-18/h3-13H,1-2H3. The van der Waals surface area contributed by atoms with Gasteiger partial charge in [0.25, 0.3) is 0 Å². The largest absolute Gasteiger partial charge is 0.289 e. The lowest BCUT2D eigenvalue weighted by atomic mass is 10.0. The van der Waals surface area contributed by atoms with Gasteiger partial charge in [0.1, 0.15) is 0 Å². The molecule has 0 fully saturated rings. The van der Waals surface area contributed by atoms with Crippen LogP contribution in [0.2, 0.25) is 0 Å². The van der Waals surface area contributed by atoms with Crippen molar-refractivity contribution < 1.29 is 0 Å². The number of pyridine rings is 1. The van der Waals surface area contributed by atoms with Crippen LogP contribution < -0.4 is 5.43 Å². The number of nitrogens with zero attached hydrogens (tertiary/aromatic N) is 5. The van der Waals surface area contributed by atoms with Crippen molar-refractivity contribution in [2.24, 2.45) is 14.1 Å². The van der Waals surface area contributed by atoms with Gasteiger partial charge in [-0.05, 0) is 29.1 Å². The van der Waals surface area contributed by atoms with E-state index in [2.05, 4.69) is 15.2 Å². The molecular formula is C22H17N5O. The number of aromatic nitrogens is 5. The monoisotopic (exact) mass is 367 g/mol. The summed E-state index contributed by atoms with van der Waals surface area (Å²) in [6, 6.07) is 11.7. The molecule has 6 heteroatoms. The van der Waals surface area contributed by atoms with E-state index in [0.717, 1.165) is 27.6 Å². The second-order valence-electron chi connectivity index (χ2n) is 6.93. The van der Waals surface area contributed by atoms with Crippen LogP contribution in [0, 0.1) is 0 Å². The van der Waals surface area contributed by atoms with Crippen molar-refractivity contribution in [3.05, 3.63) is 77.6 Å². The lowest BCUT2D eigenvalue weighted by Gasteiger charge is -2.00. The Morgan fingerprint density at radius 2 is 1.36 bits per heavy atom. The van der Waals surface area contributed by atoms with Crippen LogP contribution in [0.4, 0.5) is 0 Å². The average molecular weight is 367 g/mol. The number of hydrogen-bond acceptors (Lipinski definition) is 4. The normalized spacial score (nSPS) is 11.4. The van der Waals surface area contributed by atoms with Crippen LogP contribution in [0.15, 0.2) is 72.2 Å². The molecule has 0 N–H and O–H groups in total. The number of hydrogen-bond donors (Lipinski definition) is 0. The van der Waals surface area contributed by atoms with E-state index in [1.54, 1.807) is 28.0 Å². The Morgan fingerprint density at radius 3 is 2.04 bits per heavy atom. The molecule has 3 heterocycles. The Labute approximate surface area is 160 Å². The highest BCUT2D eigenvalue weighted by molar-refractivity contribution is 5.95. The molecule has 0 bridgehead atoms. The van der Waals surface area contributed by atoms with Crippen LogP contribution in [0.25, 0.3) is 43.9 Å². The van der Waals surface area contributed by atoms with Gasteiger partial charge in [-0.15, -0.1) is 0 Å². The van der Waals surface area contributed by atoms with E-state index in [1.165, 1.54) is 0 Å². The van der Waals surface area contributed by atoms with E-state index >= 15 is 0 Å². The van der Waals surface area contributed by atoms with Crippen molar-refractivity contribution in [2.75, 3.05) is 0 Å². The zero-order chi connectivity index (χ0) is 19.3. The Balaban J connectivity index is 1.78. The van der Waals surface area contributed by atoms with E-state index in [9.17, 15) is 4.79 Å². The van der Waals surface area contributed by atoms with Crippen molar-refractivity contribution >= 4 is 21.7 Å². The van der Waals surface area contributed by atoms with Gasteiger partial charge in [-0.2, -0.15) is 10.2 Å². The van der Waals surface area contributed by atoms with Gasteiger partial charge in [-0.25, -0.2) is 0 Å². The van der Waals surface area contributed by atoms with Crippen LogP contribution in [0.1, 0.15) is 0 Å². The SMILES string of the molecule is Cn1cc(-c2ccc3ccc4ncc(-c5cnn(C)c5)cc4c(=O)c3c2)cn1. The predicted molar refractivity (Wildman–Crippen MR) is 110 cm³/mol. The van der Waals surface area contributed by atoms with Gasteiger partial charge in [0, 0.05) is 60.1 Å². The van der Waals surface area contributed by atoms with E-state index in [1.807, 2.05) is 62.9 Å². The van der Waals surface area contributed by atoms with Crippen LogP contribution in [0.5, 0.6) is 0 Å². The zero-order valence-corrected chi connectivity index (χ0v) is 15.5. The molecule has 28 heavy (non-hydrogen) atoms. The Bertz CT molecular complexity index is 1310. The highest BCUT2D eigenvalue weighted by Crippen LogP contribution is 2.25. The quantitative estimate of drug-likeness (QED) is 0.479. The highest BCUT2D eigenvalue weighted by Gasteiger charge is 2.09. The molecule has 0 aliphatic heterocycles. The van der Waals surface area contributed by atoms with E-state index in [4.69, 9.17) is 0 Å². The molecule has 5 rings (SSSR count). The third-order valence-corrected chi connectivity index (χ3v) is 4.96. The summed E-state index contributed by atoms with van der Waals surface area (Å²) in [5.74, 6) is 0. The third kappa shape index (κ3) is 2.66. The first-order valence-corrected chi connectivity index (χ1v) is 8.93. The first-order chi connectivity index (χ1) is 13.6. The topological polar surface area (TPSA) is 65.6 Å². The number of aryl methyl sites for hydroxylation is 2. The molecule has 0 saturated heterocycles. The van der Waals surface area contributed by atoms with Crippen LogP contribution in [0.3, 0.4) is 0 Å². The van der Waals surface area contributed by atoms with E-state index < -0.39 is 0 Å². The van der Waals surface area contributed by atoms with E-state index in [0.29, 0.717) is 16.3 Å². The fraction of sp³-hybridized carbons (Fsp3) is 0.0909. The fourth-order valence-electron chi connectivity index (χ4n) is 3.48. The summed E-state index contributed by atoms with van der Waals surface area (Å²) in [5, 5.41) is 10.6. The summed E-state index contributed by atoms with van der Waals surface area (Å²) >= 11 is 0. The van der Waals surface area contributed by atoms with Crippen molar-refractivity contribution in [3.63, 3.8) is 0 Å². The molecule has 0 atom stereocenters. The fourth-order valence-corrected chi connectivity index (χ4v) is 3.48. The molecule has 5 aromatic rings. The second-order valence-corrected chi connectivity index (χ2v) is 6.93. The maximum atomic E-state index is 13.4. The van der Waals surface area contributed by atoms with Crippen molar-refractivity contribution in [3.8, 4) is 22.3 Å². The molecule has 0 saturated carbocycles. The van der Waals surface area contributed by atoms with Crippen molar-refractivity contribution in [2.45, 2.75) is 0 Å². The van der Waals surface area contributed by atoms with Gasteiger partial charge in [0.15, 0.2) is 5.43 Å². The van der Waals surface area contributed by atoms with Gasteiger partial charge in [0.2, 0.25) is 0 Å². The third-order valence-electron chi connectivity index (χ3n) is 4.96. The molecule has 0 unspecified atom stereocenters. The lowest BCUT2D eigenvalue weighted by molar-refractivity contribution is 0.768. The molecule has 0 aliphatic rings. The number of fused-ring (bicyclic) bond motifs is 2. The average Bonchev–Trinajstić information content (AvgIpc) is 3.31. The number of benzene rings is 1. The Kier molecular flexibility index (Phi) is 3.58. The molecule has 6 nitrogen and oxygen atoms in total. The first kappa shape index (κ1) is 16.4. The molecule has 0 spiro atoms. The maximum absolute atomic E-state index is 13.4. The first-order valence-electron chi connectivity index (χ1n) is 8.93. The van der Waals surface area contributed by atoms with Crippen LogP contribution in [-0.4, -0.2) is 24.5 Å². The van der Waals surface area contributed by atoms with Gasteiger partial charge >= 0.3 is 0 Å². The molecule has 136 valence electrons. The van der Waals surface area contributed by atoms with Gasteiger partial charge in [0.05, 0.1) is 17.9 Å². The lowest BCUT2D eigenvalue weighted by Crippen LogP contribution is -1.99. The maximum Gasteiger partial charge on any atom is 0.195 e. The molecule has 0 radical (unpaired) electrons. The van der Waals surface area contributed by atoms with E-state index in [-0.39, 0.29) is 5.43 Å².